The Kier molecular flexibility index (Phi) is 5.28. The quantitative estimate of drug-likeness (QED) is 0.251. The third-order valence-electron chi connectivity index (χ3n) is 3.94. The summed E-state index contributed by atoms with van der Waals surface area (Å²) in [6.07, 6.45) is 0.227. The van der Waals surface area contributed by atoms with Crippen molar-refractivity contribution in [2.24, 2.45) is 0 Å². The third kappa shape index (κ3) is 4.36. The molecule has 8 nitrogen and oxygen atoms in total. The summed E-state index contributed by atoms with van der Waals surface area (Å²) in [6.45, 7) is 1.45. The minimum atomic E-state index is -0.901. The van der Waals surface area contributed by atoms with Crippen LogP contribution in [0.15, 0.2) is 70.1 Å². The zero-order valence-corrected chi connectivity index (χ0v) is 14.6. The van der Waals surface area contributed by atoms with Crippen molar-refractivity contribution in [3.8, 4) is 0 Å². The molecule has 27 heavy (non-hydrogen) atoms. The number of benzene rings is 2. The molecule has 3 aromatic rings. The smallest absolute Gasteiger partial charge is 0.440 e. The highest BCUT2D eigenvalue weighted by atomic mass is 16.6. The van der Waals surface area contributed by atoms with E-state index in [1.807, 2.05) is 6.07 Å². The molecule has 1 aromatic heterocycles. The summed E-state index contributed by atoms with van der Waals surface area (Å²) in [4.78, 5) is 26.5. The zero-order valence-electron chi connectivity index (χ0n) is 14.6. The Hall–Kier alpha value is -3.52. The van der Waals surface area contributed by atoms with E-state index < -0.39 is 17.8 Å². The maximum absolute atomic E-state index is 11.6. The Bertz CT molecular complexity index is 1020. The summed E-state index contributed by atoms with van der Waals surface area (Å²) in [7, 11) is 0. The number of carbonyl (C=O) groups is 1. The zero-order chi connectivity index (χ0) is 19.4. The maximum atomic E-state index is 11.6. The summed E-state index contributed by atoms with van der Waals surface area (Å²) in [5, 5.41) is 20.6. The molecule has 0 fully saturated rings. The van der Waals surface area contributed by atoms with E-state index >= 15 is 0 Å². The Balaban J connectivity index is 1.86. The Labute approximate surface area is 154 Å². The van der Waals surface area contributed by atoms with Crippen molar-refractivity contribution in [1.29, 1.82) is 0 Å². The number of aliphatic hydroxyl groups is 2. The van der Waals surface area contributed by atoms with Crippen molar-refractivity contribution in [1.82, 2.24) is 4.85 Å². The van der Waals surface area contributed by atoms with E-state index in [0.29, 0.717) is 16.8 Å². The van der Waals surface area contributed by atoms with E-state index in [-0.39, 0.29) is 12.3 Å². The summed E-state index contributed by atoms with van der Waals surface area (Å²) in [6, 6.07) is 14.9. The standard InChI is InChI=1S/C19H17N3O5/c1-13(23)14-7-9-16(10-8-14)20-19(26)22-21(12-18(25)27-22)11-17(24)15-5-3-2-4-6-15/h2-10,12,17,24H,11H2,1H3/p+2. The lowest BCUT2D eigenvalue weighted by Crippen LogP contribution is -2.71. The van der Waals surface area contributed by atoms with E-state index in [4.69, 9.17) is 4.52 Å². The largest absolute Gasteiger partial charge is 0.554 e. The van der Waals surface area contributed by atoms with Crippen molar-refractivity contribution in [3.63, 3.8) is 0 Å². The predicted octanol–water partition coefficient (Wildman–Crippen LogP) is -0.161. The summed E-state index contributed by atoms with van der Waals surface area (Å²) in [5.74, 6) is -0.0705. The molecule has 8 heteroatoms. The van der Waals surface area contributed by atoms with Gasteiger partial charge in [0.05, 0.1) is 0 Å². The van der Waals surface area contributed by atoms with Crippen LogP contribution in [0.2, 0.25) is 0 Å². The van der Waals surface area contributed by atoms with Gasteiger partial charge in [-0.25, -0.2) is 4.79 Å². The molecule has 3 N–H and O–H groups in total. The van der Waals surface area contributed by atoms with E-state index in [1.54, 1.807) is 48.5 Å². The first-order chi connectivity index (χ1) is 12.9. The van der Waals surface area contributed by atoms with Crippen LogP contribution in [0.4, 0.5) is 5.69 Å². The van der Waals surface area contributed by atoms with Gasteiger partial charge in [-0.05, 0) is 36.8 Å². The van der Waals surface area contributed by atoms with E-state index in [9.17, 15) is 19.8 Å². The van der Waals surface area contributed by atoms with Gasteiger partial charge in [0.2, 0.25) is 11.4 Å². The summed E-state index contributed by atoms with van der Waals surface area (Å²) in [5.41, 5.74) is 1.01. The topological polar surface area (TPSA) is 111 Å². The number of nitrogens with one attached hydrogen (secondary N) is 1. The predicted molar refractivity (Wildman–Crippen MR) is 94.7 cm³/mol. The van der Waals surface area contributed by atoms with E-state index in [1.165, 1.54) is 11.6 Å². The minimum absolute atomic E-state index is 0.00916. The van der Waals surface area contributed by atoms with E-state index in [2.05, 4.69) is 4.99 Å². The Morgan fingerprint density at radius 3 is 2.48 bits per heavy atom. The van der Waals surface area contributed by atoms with Gasteiger partial charge < -0.3 is 10.2 Å². The fourth-order valence-corrected chi connectivity index (χ4v) is 2.55. The molecule has 0 bridgehead atoms. The van der Waals surface area contributed by atoms with Gasteiger partial charge in [0, 0.05) is 10.2 Å². The van der Waals surface area contributed by atoms with Gasteiger partial charge in [-0.1, -0.05) is 30.3 Å². The molecule has 0 aliphatic rings. The molecule has 1 atom stereocenters. The van der Waals surface area contributed by atoms with Crippen LogP contribution in [0.3, 0.4) is 0 Å². The number of ketones is 1. The minimum Gasteiger partial charge on any atom is -0.440 e. The Morgan fingerprint density at radius 2 is 1.85 bits per heavy atom. The Morgan fingerprint density at radius 1 is 1.19 bits per heavy atom. The first-order valence-corrected chi connectivity index (χ1v) is 8.24. The van der Waals surface area contributed by atoms with Gasteiger partial charge in [0.25, 0.3) is 0 Å². The molecule has 0 spiro atoms. The number of aliphatic hydroxyl groups excluding tert-OH is 2. The van der Waals surface area contributed by atoms with Crippen LogP contribution >= 0.6 is 0 Å². The van der Waals surface area contributed by atoms with Gasteiger partial charge in [0.1, 0.15) is 11.8 Å². The highest BCUT2D eigenvalue weighted by Crippen LogP contribution is 2.11. The van der Waals surface area contributed by atoms with Crippen molar-refractivity contribution in [2.75, 3.05) is 0 Å². The highest BCUT2D eigenvalue weighted by molar-refractivity contribution is 5.94. The van der Waals surface area contributed by atoms with Crippen molar-refractivity contribution >= 4 is 17.5 Å². The lowest BCUT2D eigenvalue weighted by Gasteiger charge is -2.04. The molecule has 0 saturated heterocycles. The van der Waals surface area contributed by atoms with Crippen molar-refractivity contribution < 1.29 is 29.2 Å². The molecule has 0 saturated carbocycles. The second kappa shape index (κ2) is 7.79. The van der Waals surface area contributed by atoms with Crippen molar-refractivity contribution in [2.45, 2.75) is 19.6 Å². The third-order valence-corrected chi connectivity index (χ3v) is 3.94. The van der Waals surface area contributed by atoms with Crippen LogP contribution < -0.4 is 15.3 Å². The number of aromatic nitrogens is 2. The summed E-state index contributed by atoms with van der Waals surface area (Å²) < 4.78 is 6.21. The fraction of sp³-hybridized carbons (Fsp3) is 0.158. The number of Topliss-reactive ketones (excluding diaryl/α,β-unsaturated/α-hetero) is 1. The molecule has 1 unspecified atom stereocenters. The van der Waals surface area contributed by atoms with E-state index in [0.717, 1.165) is 11.1 Å². The maximum Gasteiger partial charge on any atom is 0.554 e. The first-order valence-electron chi connectivity index (χ1n) is 8.24. The normalized spacial score (nSPS) is 12.7. The number of carbonyl (C=O) groups excluding carboxylic acids is 1. The second-order valence-corrected chi connectivity index (χ2v) is 5.94. The van der Waals surface area contributed by atoms with Crippen LogP contribution in [0.5, 0.6) is 0 Å². The van der Waals surface area contributed by atoms with Crippen LogP contribution in [-0.4, -0.2) is 26.9 Å². The first kappa shape index (κ1) is 18.3. The number of rotatable bonds is 5. The molecule has 138 valence electrons. The van der Waals surface area contributed by atoms with Crippen LogP contribution in [0.1, 0.15) is 28.9 Å². The molecule has 0 aliphatic carbocycles. The van der Waals surface area contributed by atoms with Gasteiger partial charge >= 0.3 is 17.8 Å². The average molecular weight is 369 g/mol. The van der Waals surface area contributed by atoms with Gasteiger partial charge in [-0.3, -0.25) is 4.79 Å². The van der Waals surface area contributed by atoms with Crippen LogP contribution in [0, 0.1) is 0 Å². The molecular weight excluding hydrogens is 350 g/mol. The number of nitrogens with zero attached hydrogens (tertiary/aromatic N) is 2. The van der Waals surface area contributed by atoms with Gasteiger partial charge in [-0.15, -0.1) is 0 Å². The average Bonchev–Trinajstić information content (AvgIpc) is 3.03. The van der Waals surface area contributed by atoms with Crippen LogP contribution in [0.25, 0.3) is 0 Å². The molecule has 0 aliphatic heterocycles. The monoisotopic (exact) mass is 369 g/mol. The SMILES string of the molecule is CC(=O)c1ccc([NH+]=C(O)n2oc(=O)c[n+]2CC(O)c2ccccc2)cc1. The lowest BCUT2D eigenvalue weighted by molar-refractivity contribution is -0.787. The van der Waals surface area contributed by atoms with Gasteiger partial charge in [0.15, 0.2) is 5.78 Å². The molecular formula is C19H19N3O5+2. The molecule has 3 rings (SSSR count). The lowest BCUT2D eigenvalue weighted by atomic mass is 10.1. The molecule has 0 amide bonds. The van der Waals surface area contributed by atoms with Gasteiger partial charge in [-0.2, -0.15) is 9.52 Å². The molecule has 1 heterocycles. The molecule has 0 radical (unpaired) electrons. The second-order valence-electron chi connectivity index (χ2n) is 5.94. The molecule has 2 aromatic carbocycles. The van der Waals surface area contributed by atoms with Crippen LogP contribution in [-0.2, 0) is 6.54 Å². The highest BCUT2D eigenvalue weighted by Gasteiger charge is 2.30. The number of hydrogen-bond donors (Lipinski definition) is 3. The fourth-order valence-electron chi connectivity index (χ4n) is 2.55. The summed E-state index contributed by atoms with van der Waals surface area (Å²) >= 11 is 0. The number of hydrogen-bond acceptors (Lipinski definition) is 4. The van der Waals surface area contributed by atoms with Crippen molar-refractivity contribution in [3.05, 3.63) is 82.3 Å².